The SMILES string of the molecule is CCOC(=O)[C@@H]1CCCN(C(=O)OC(C)(C)C)C[C@H]1c1ccc(C(=O)OC(C)(C)C)cc1. The van der Waals surface area contributed by atoms with Crippen molar-refractivity contribution in [3.63, 3.8) is 0 Å². The number of nitrogens with zero attached hydrogens (tertiary/aromatic N) is 1. The molecule has 0 radical (unpaired) electrons. The van der Waals surface area contributed by atoms with Gasteiger partial charge in [0.15, 0.2) is 0 Å². The lowest BCUT2D eigenvalue weighted by atomic mass is 9.83. The fourth-order valence-electron chi connectivity index (χ4n) is 3.72. The third-order valence-electron chi connectivity index (χ3n) is 5.06. The second kappa shape index (κ2) is 10.4. The standard InChI is InChI=1S/C25H37NO6/c1-8-30-22(28)19-10-9-15-26(23(29)32-25(5,6)7)16-20(19)17-11-13-18(14-12-17)21(27)31-24(2,3)4/h11-14,19-20H,8-10,15-16H2,1-7H3/t19-,20+/m1/s1. The lowest BCUT2D eigenvalue weighted by Crippen LogP contribution is -2.39. The minimum absolute atomic E-state index is 0.264. The second-order valence-corrected chi connectivity index (χ2v) is 10.2. The van der Waals surface area contributed by atoms with E-state index >= 15 is 0 Å². The van der Waals surface area contributed by atoms with E-state index in [2.05, 4.69) is 0 Å². The summed E-state index contributed by atoms with van der Waals surface area (Å²) in [5.41, 5.74) is 0.119. The molecule has 1 aliphatic heterocycles. The van der Waals surface area contributed by atoms with Gasteiger partial charge in [0, 0.05) is 19.0 Å². The number of rotatable bonds is 4. The van der Waals surface area contributed by atoms with E-state index in [4.69, 9.17) is 14.2 Å². The number of hydrogen-bond acceptors (Lipinski definition) is 6. The molecule has 178 valence electrons. The average molecular weight is 448 g/mol. The molecule has 1 heterocycles. The van der Waals surface area contributed by atoms with Crippen LogP contribution in [-0.4, -0.2) is 53.8 Å². The monoisotopic (exact) mass is 447 g/mol. The Bertz CT molecular complexity index is 803. The van der Waals surface area contributed by atoms with E-state index in [0.717, 1.165) is 5.56 Å². The van der Waals surface area contributed by atoms with Gasteiger partial charge in [-0.1, -0.05) is 12.1 Å². The second-order valence-electron chi connectivity index (χ2n) is 10.2. The smallest absolute Gasteiger partial charge is 0.410 e. The number of carbonyl (C=O) groups excluding carboxylic acids is 3. The molecule has 1 aromatic rings. The van der Waals surface area contributed by atoms with Crippen LogP contribution < -0.4 is 0 Å². The van der Waals surface area contributed by atoms with E-state index < -0.39 is 23.3 Å². The number of carbonyl (C=O) groups is 3. The Labute approximate surface area is 191 Å². The lowest BCUT2D eigenvalue weighted by Gasteiger charge is -2.30. The van der Waals surface area contributed by atoms with Gasteiger partial charge in [0.1, 0.15) is 11.2 Å². The van der Waals surface area contributed by atoms with Gasteiger partial charge in [-0.15, -0.1) is 0 Å². The molecule has 0 N–H and O–H groups in total. The molecule has 0 aliphatic carbocycles. The van der Waals surface area contributed by atoms with Crippen LogP contribution in [0, 0.1) is 5.92 Å². The molecule has 1 aliphatic rings. The van der Waals surface area contributed by atoms with Crippen molar-refractivity contribution in [2.75, 3.05) is 19.7 Å². The maximum absolute atomic E-state index is 12.7. The maximum Gasteiger partial charge on any atom is 0.410 e. The highest BCUT2D eigenvalue weighted by Gasteiger charge is 2.37. The highest BCUT2D eigenvalue weighted by atomic mass is 16.6. The van der Waals surface area contributed by atoms with Crippen molar-refractivity contribution >= 4 is 18.0 Å². The molecular formula is C25H37NO6. The quantitative estimate of drug-likeness (QED) is 0.480. The Balaban J connectivity index is 2.30. The number of ether oxygens (including phenoxy) is 3. The van der Waals surface area contributed by atoms with Gasteiger partial charge in [-0.25, -0.2) is 9.59 Å². The summed E-state index contributed by atoms with van der Waals surface area (Å²) >= 11 is 0. The van der Waals surface area contributed by atoms with Crippen LogP contribution in [0.25, 0.3) is 0 Å². The summed E-state index contributed by atoms with van der Waals surface area (Å²) in [5.74, 6) is -1.31. The molecule has 1 saturated heterocycles. The maximum atomic E-state index is 12.7. The van der Waals surface area contributed by atoms with E-state index in [1.54, 1.807) is 24.0 Å². The number of benzene rings is 1. The highest BCUT2D eigenvalue weighted by Crippen LogP contribution is 2.34. The van der Waals surface area contributed by atoms with Crippen LogP contribution >= 0.6 is 0 Å². The zero-order valence-electron chi connectivity index (χ0n) is 20.4. The van der Waals surface area contributed by atoms with E-state index in [1.807, 2.05) is 53.7 Å². The topological polar surface area (TPSA) is 82.1 Å². The molecule has 1 amide bonds. The largest absolute Gasteiger partial charge is 0.466 e. The van der Waals surface area contributed by atoms with E-state index in [-0.39, 0.29) is 17.8 Å². The first kappa shape index (κ1) is 25.7. The van der Waals surface area contributed by atoms with Crippen LogP contribution in [0.1, 0.15) is 83.1 Å². The average Bonchev–Trinajstić information content (AvgIpc) is 2.89. The van der Waals surface area contributed by atoms with Crippen LogP contribution in [-0.2, 0) is 19.0 Å². The Hall–Kier alpha value is -2.57. The molecule has 0 spiro atoms. The van der Waals surface area contributed by atoms with E-state index in [9.17, 15) is 14.4 Å². The predicted molar refractivity (Wildman–Crippen MR) is 122 cm³/mol. The Morgan fingerprint density at radius 2 is 1.56 bits per heavy atom. The minimum Gasteiger partial charge on any atom is -0.466 e. The van der Waals surface area contributed by atoms with E-state index in [0.29, 0.717) is 38.1 Å². The molecule has 2 atom stereocenters. The van der Waals surface area contributed by atoms with Crippen molar-refractivity contribution in [1.29, 1.82) is 0 Å². The molecule has 1 aromatic carbocycles. The van der Waals surface area contributed by atoms with Gasteiger partial charge < -0.3 is 19.1 Å². The molecule has 7 nitrogen and oxygen atoms in total. The van der Waals surface area contributed by atoms with Crippen LogP contribution in [0.3, 0.4) is 0 Å². The van der Waals surface area contributed by atoms with Crippen LogP contribution in [0.4, 0.5) is 4.79 Å². The molecule has 32 heavy (non-hydrogen) atoms. The molecule has 0 saturated carbocycles. The predicted octanol–water partition coefficient (Wildman–Crippen LogP) is 4.94. The van der Waals surface area contributed by atoms with Crippen molar-refractivity contribution in [3.05, 3.63) is 35.4 Å². The van der Waals surface area contributed by atoms with Crippen LogP contribution in [0.2, 0.25) is 0 Å². The van der Waals surface area contributed by atoms with Crippen LogP contribution in [0.5, 0.6) is 0 Å². The first-order valence-corrected chi connectivity index (χ1v) is 11.3. The molecule has 0 unspecified atom stereocenters. The minimum atomic E-state index is -0.603. The Kier molecular flexibility index (Phi) is 8.32. The third-order valence-corrected chi connectivity index (χ3v) is 5.06. The van der Waals surface area contributed by atoms with Gasteiger partial charge in [-0.3, -0.25) is 4.79 Å². The number of amides is 1. The van der Waals surface area contributed by atoms with Gasteiger partial charge in [-0.2, -0.15) is 0 Å². The van der Waals surface area contributed by atoms with Gasteiger partial charge >= 0.3 is 18.0 Å². The molecule has 0 bridgehead atoms. The first-order valence-electron chi connectivity index (χ1n) is 11.3. The lowest BCUT2D eigenvalue weighted by molar-refractivity contribution is -0.149. The number of hydrogen-bond donors (Lipinski definition) is 0. The molecule has 2 rings (SSSR count). The van der Waals surface area contributed by atoms with Crippen molar-refractivity contribution in [2.45, 2.75) is 78.4 Å². The first-order chi connectivity index (χ1) is 14.8. The summed E-state index contributed by atoms with van der Waals surface area (Å²) in [6.45, 7) is 13.9. The Morgan fingerprint density at radius 3 is 2.09 bits per heavy atom. The van der Waals surface area contributed by atoms with Gasteiger partial charge in [-0.05, 0) is 79.0 Å². The molecule has 1 fully saturated rings. The summed E-state index contributed by atoms with van der Waals surface area (Å²) in [4.78, 5) is 39.5. The van der Waals surface area contributed by atoms with Gasteiger partial charge in [0.05, 0.1) is 18.1 Å². The molecule has 0 aromatic heterocycles. The fraction of sp³-hybridized carbons (Fsp3) is 0.640. The number of likely N-dealkylation sites (tertiary alicyclic amines) is 1. The van der Waals surface area contributed by atoms with Crippen LogP contribution in [0.15, 0.2) is 24.3 Å². The molecule has 7 heteroatoms. The fourth-order valence-corrected chi connectivity index (χ4v) is 3.72. The van der Waals surface area contributed by atoms with Crippen molar-refractivity contribution in [1.82, 2.24) is 4.90 Å². The van der Waals surface area contributed by atoms with Crippen molar-refractivity contribution in [2.24, 2.45) is 5.92 Å². The number of esters is 2. The summed E-state index contributed by atoms with van der Waals surface area (Å²) in [6.07, 6.45) is 0.892. The summed E-state index contributed by atoms with van der Waals surface area (Å²) in [5, 5.41) is 0. The summed E-state index contributed by atoms with van der Waals surface area (Å²) in [7, 11) is 0. The van der Waals surface area contributed by atoms with Crippen molar-refractivity contribution < 1.29 is 28.6 Å². The van der Waals surface area contributed by atoms with Gasteiger partial charge in [0.25, 0.3) is 0 Å². The Morgan fingerprint density at radius 1 is 0.969 bits per heavy atom. The van der Waals surface area contributed by atoms with Gasteiger partial charge in [0.2, 0.25) is 0 Å². The zero-order valence-corrected chi connectivity index (χ0v) is 20.4. The molecular weight excluding hydrogens is 410 g/mol. The van der Waals surface area contributed by atoms with E-state index in [1.165, 1.54) is 0 Å². The highest BCUT2D eigenvalue weighted by molar-refractivity contribution is 5.89. The third kappa shape index (κ3) is 7.53. The zero-order chi connectivity index (χ0) is 24.1. The summed E-state index contributed by atoms with van der Waals surface area (Å²) in [6, 6.07) is 7.06. The summed E-state index contributed by atoms with van der Waals surface area (Å²) < 4.78 is 16.3. The van der Waals surface area contributed by atoms with Crippen molar-refractivity contribution in [3.8, 4) is 0 Å². The normalized spacial score (nSPS) is 19.7.